The van der Waals surface area contributed by atoms with Gasteiger partial charge in [0.1, 0.15) is 5.75 Å². The maximum Gasteiger partial charge on any atom is 0.344 e. The second-order valence-electron chi connectivity index (χ2n) is 6.23. The number of nitrogens with one attached hydrogen (secondary N) is 1. The minimum Gasteiger partial charge on any atom is -0.482 e. The zero-order valence-corrected chi connectivity index (χ0v) is 16.9. The van der Waals surface area contributed by atoms with Crippen LogP contribution in [0.1, 0.15) is 17.5 Å². The number of benzene rings is 2. The number of thiazole rings is 1. The quantitative estimate of drug-likeness (QED) is 0.432. The van der Waals surface area contributed by atoms with Crippen LogP contribution in [0.2, 0.25) is 0 Å². The molecule has 0 spiro atoms. The predicted molar refractivity (Wildman–Crippen MR) is 114 cm³/mol. The predicted octanol–water partition coefficient (Wildman–Crippen LogP) is 4.75. The fraction of sp³-hybridized carbons (Fsp3) is 0.136. The molecule has 0 saturated heterocycles. The van der Waals surface area contributed by atoms with E-state index in [0.717, 1.165) is 10.2 Å². The molecular weight excluding hydrogens is 404 g/mol. The average molecular weight is 422 g/mol. The average Bonchev–Trinajstić information content (AvgIpc) is 3.40. The molecule has 0 saturated carbocycles. The first-order chi connectivity index (χ1) is 14.6. The highest BCUT2D eigenvalue weighted by atomic mass is 32.1. The SMILES string of the molecule is CCOC(=O)COc1cccc(NC(=O)c2ccc(-c3nc4ccccc4s3)o2)c1. The highest BCUT2D eigenvalue weighted by molar-refractivity contribution is 7.21. The smallest absolute Gasteiger partial charge is 0.344 e. The van der Waals surface area contributed by atoms with Crippen LogP contribution in [0, 0.1) is 0 Å². The van der Waals surface area contributed by atoms with Gasteiger partial charge in [-0.3, -0.25) is 4.79 Å². The van der Waals surface area contributed by atoms with E-state index in [1.54, 1.807) is 43.3 Å². The van der Waals surface area contributed by atoms with Crippen LogP contribution in [-0.2, 0) is 9.53 Å². The van der Waals surface area contributed by atoms with Gasteiger partial charge in [-0.2, -0.15) is 0 Å². The van der Waals surface area contributed by atoms with Crippen molar-refractivity contribution in [3.8, 4) is 16.5 Å². The van der Waals surface area contributed by atoms with Crippen LogP contribution >= 0.6 is 11.3 Å². The Hall–Kier alpha value is -3.65. The van der Waals surface area contributed by atoms with Crippen LogP contribution in [-0.4, -0.2) is 30.1 Å². The van der Waals surface area contributed by atoms with Crippen LogP contribution in [0.3, 0.4) is 0 Å². The Morgan fingerprint density at radius 3 is 2.80 bits per heavy atom. The van der Waals surface area contributed by atoms with Crippen molar-refractivity contribution in [1.82, 2.24) is 4.98 Å². The molecule has 0 radical (unpaired) electrons. The number of anilines is 1. The van der Waals surface area contributed by atoms with Gasteiger partial charge in [0.2, 0.25) is 0 Å². The van der Waals surface area contributed by atoms with Crippen molar-refractivity contribution in [2.24, 2.45) is 0 Å². The van der Waals surface area contributed by atoms with Crippen molar-refractivity contribution in [2.75, 3.05) is 18.5 Å². The van der Waals surface area contributed by atoms with Crippen molar-refractivity contribution < 1.29 is 23.5 Å². The number of hydrogen-bond donors (Lipinski definition) is 1. The van der Waals surface area contributed by atoms with Gasteiger partial charge in [0.15, 0.2) is 23.1 Å². The molecule has 0 aliphatic heterocycles. The third-order valence-corrected chi connectivity index (χ3v) is 5.14. The number of carbonyl (C=O) groups is 2. The van der Waals surface area contributed by atoms with Crippen molar-refractivity contribution in [1.29, 1.82) is 0 Å². The third kappa shape index (κ3) is 4.49. The lowest BCUT2D eigenvalue weighted by molar-refractivity contribution is -0.145. The summed E-state index contributed by atoms with van der Waals surface area (Å²) in [6.45, 7) is 1.82. The van der Waals surface area contributed by atoms with Gasteiger partial charge in [-0.15, -0.1) is 11.3 Å². The Morgan fingerprint density at radius 1 is 1.10 bits per heavy atom. The van der Waals surface area contributed by atoms with Gasteiger partial charge in [0.25, 0.3) is 5.91 Å². The maximum atomic E-state index is 12.6. The Bertz CT molecular complexity index is 1160. The number of rotatable bonds is 7. The van der Waals surface area contributed by atoms with Crippen LogP contribution in [0.5, 0.6) is 5.75 Å². The molecule has 1 amide bonds. The highest BCUT2D eigenvalue weighted by Crippen LogP contribution is 2.31. The summed E-state index contributed by atoms with van der Waals surface area (Å²) in [4.78, 5) is 28.5. The minimum absolute atomic E-state index is 0.169. The molecular formula is C22H18N2O5S. The number of aromatic nitrogens is 1. The zero-order valence-electron chi connectivity index (χ0n) is 16.1. The number of esters is 1. The molecule has 0 aliphatic rings. The summed E-state index contributed by atoms with van der Waals surface area (Å²) in [5.41, 5.74) is 1.40. The molecule has 152 valence electrons. The van der Waals surface area contributed by atoms with Crippen molar-refractivity contribution in [3.63, 3.8) is 0 Å². The van der Waals surface area contributed by atoms with Gasteiger partial charge in [0, 0.05) is 11.8 Å². The van der Waals surface area contributed by atoms with Gasteiger partial charge in [-0.1, -0.05) is 18.2 Å². The molecule has 30 heavy (non-hydrogen) atoms. The topological polar surface area (TPSA) is 90.7 Å². The fourth-order valence-electron chi connectivity index (χ4n) is 2.75. The van der Waals surface area contributed by atoms with E-state index in [1.807, 2.05) is 24.3 Å². The lowest BCUT2D eigenvalue weighted by Crippen LogP contribution is -2.15. The zero-order chi connectivity index (χ0) is 20.9. The summed E-state index contributed by atoms with van der Waals surface area (Å²) in [5, 5.41) is 3.47. The van der Waals surface area contributed by atoms with Crippen LogP contribution in [0.15, 0.2) is 65.1 Å². The van der Waals surface area contributed by atoms with Gasteiger partial charge in [0.05, 0.1) is 16.8 Å². The monoisotopic (exact) mass is 422 g/mol. The molecule has 2 aromatic carbocycles. The molecule has 4 aromatic rings. The van der Waals surface area contributed by atoms with E-state index in [4.69, 9.17) is 13.9 Å². The molecule has 4 rings (SSSR count). The number of ether oxygens (including phenoxy) is 2. The summed E-state index contributed by atoms with van der Waals surface area (Å²) in [5.74, 6) is 0.292. The molecule has 1 N–H and O–H groups in total. The van der Waals surface area contributed by atoms with Crippen LogP contribution < -0.4 is 10.1 Å². The fourth-order valence-corrected chi connectivity index (χ4v) is 3.68. The molecule has 0 fully saturated rings. The van der Waals surface area contributed by atoms with Crippen molar-refractivity contribution in [3.05, 3.63) is 66.4 Å². The third-order valence-electron chi connectivity index (χ3n) is 4.09. The first-order valence-corrected chi connectivity index (χ1v) is 10.1. The normalized spacial score (nSPS) is 10.7. The Labute approximate surface area is 176 Å². The Balaban J connectivity index is 1.43. The minimum atomic E-state index is -0.454. The first kappa shape index (κ1) is 19.7. The van der Waals surface area contributed by atoms with E-state index in [9.17, 15) is 9.59 Å². The van der Waals surface area contributed by atoms with E-state index in [2.05, 4.69) is 10.3 Å². The van der Waals surface area contributed by atoms with Crippen LogP contribution in [0.4, 0.5) is 5.69 Å². The second kappa shape index (κ2) is 8.79. The van der Waals surface area contributed by atoms with Crippen molar-refractivity contribution in [2.45, 2.75) is 6.92 Å². The van der Waals surface area contributed by atoms with Gasteiger partial charge in [-0.05, 0) is 43.3 Å². The maximum absolute atomic E-state index is 12.6. The number of amides is 1. The molecule has 8 heteroatoms. The summed E-state index contributed by atoms with van der Waals surface area (Å²) >= 11 is 1.50. The number of carbonyl (C=O) groups excluding carboxylic acids is 2. The number of furan rings is 1. The number of nitrogens with zero attached hydrogens (tertiary/aromatic N) is 1. The van der Waals surface area contributed by atoms with E-state index in [-0.39, 0.29) is 12.4 Å². The van der Waals surface area contributed by atoms with Crippen LogP contribution in [0.25, 0.3) is 21.0 Å². The summed E-state index contributed by atoms with van der Waals surface area (Å²) in [7, 11) is 0. The molecule has 0 bridgehead atoms. The van der Waals surface area contributed by atoms with Gasteiger partial charge in [-0.25, -0.2) is 9.78 Å². The molecule has 0 atom stereocenters. The Morgan fingerprint density at radius 2 is 1.97 bits per heavy atom. The lowest BCUT2D eigenvalue weighted by Gasteiger charge is -2.08. The standard InChI is InChI=1S/C22H18N2O5S/c1-2-27-20(25)13-28-15-7-5-6-14(12-15)23-21(26)17-10-11-18(29-17)22-24-16-8-3-4-9-19(16)30-22/h3-12H,2,13H2,1H3,(H,23,26). The highest BCUT2D eigenvalue weighted by Gasteiger charge is 2.15. The second-order valence-corrected chi connectivity index (χ2v) is 7.26. The molecule has 7 nitrogen and oxygen atoms in total. The van der Waals surface area contributed by atoms with E-state index in [0.29, 0.717) is 28.8 Å². The van der Waals surface area contributed by atoms with Gasteiger partial charge >= 0.3 is 5.97 Å². The Kier molecular flexibility index (Phi) is 5.76. The molecule has 2 heterocycles. The van der Waals surface area contributed by atoms with E-state index >= 15 is 0 Å². The largest absolute Gasteiger partial charge is 0.482 e. The van der Waals surface area contributed by atoms with E-state index in [1.165, 1.54) is 11.3 Å². The number of para-hydroxylation sites is 1. The van der Waals surface area contributed by atoms with Crippen molar-refractivity contribution >= 4 is 39.1 Å². The molecule has 0 unspecified atom stereocenters. The molecule has 0 aliphatic carbocycles. The molecule has 2 aromatic heterocycles. The summed E-state index contributed by atoms with van der Waals surface area (Å²) < 4.78 is 17.0. The number of fused-ring (bicyclic) bond motifs is 1. The summed E-state index contributed by atoms with van der Waals surface area (Å²) in [6.07, 6.45) is 0. The lowest BCUT2D eigenvalue weighted by atomic mass is 10.3. The van der Waals surface area contributed by atoms with Gasteiger partial charge < -0.3 is 19.2 Å². The number of hydrogen-bond acceptors (Lipinski definition) is 7. The van der Waals surface area contributed by atoms with E-state index < -0.39 is 11.9 Å². The first-order valence-electron chi connectivity index (χ1n) is 9.28. The summed E-state index contributed by atoms with van der Waals surface area (Å²) in [6, 6.07) is 17.9.